The van der Waals surface area contributed by atoms with Crippen LogP contribution in [-0.2, 0) is 6.42 Å². The number of aromatic nitrogens is 5. The van der Waals surface area contributed by atoms with E-state index in [0.717, 1.165) is 28.3 Å². The molecule has 0 atom stereocenters. The van der Waals surface area contributed by atoms with Gasteiger partial charge in [-0.05, 0) is 29.8 Å². The van der Waals surface area contributed by atoms with Gasteiger partial charge in [0.05, 0.1) is 23.9 Å². The Balaban J connectivity index is 2.13. The molecule has 0 bridgehead atoms. The van der Waals surface area contributed by atoms with Crippen molar-refractivity contribution in [2.75, 3.05) is 0 Å². The van der Waals surface area contributed by atoms with Gasteiger partial charge in [0, 0.05) is 12.4 Å². The molecular formula is C13H10N6. The molecule has 0 saturated heterocycles. The van der Waals surface area contributed by atoms with Gasteiger partial charge in [-0.3, -0.25) is 10.2 Å². The zero-order valence-corrected chi connectivity index (χ0v) is 9.96. The predicted molar refractivity (Wildman–Crippen MR) is 68.7 cm³/mol. The number of nitrogens with one attached hydrogen (secondary N) is 2. The summed E-state index contributed by atoms with van der Waals surface area (Å²) in [6, 6.07) is 9.57. The second-order valence-electron chi connectivity index (χ2n) is 4.00. The highest BCUT2D eigenvalue weighted by molar-refractivity contribution is 5.63. The van der Waals surface area contributed by atoms with Gasteiger partial charge in [0.1, 0.15) is 11.4 Å². The van der Waals surface area contributed by atoms with Gasteiger partial charge in [0.2, 0.25) is 0 Å². The molecule has 3 rings (SSSR count). The van der Waals surface area contributed by atoms with Crippen molar-refractivity contribution >= 4 is 0 Å². The highest BCUT2D eigenvalue weighted by Gasteiger charge is 2.09. The number of nitrogens with zero attached hydrogens (tertiary/aromatic N) is 4. The largest absolute Gasteiger partial charge is 0.285 e. The van der Waals surface area contributed by atoms with E-state index in [2.05, 4.69) is 31.4 Å². The summed E-state index contributed by atoms with van der Waals surface area (Å²) < 4.78 is 0. The number of aromatic amines is 2. The van der Waals surface area contributed by atoms with Crippen LogP contribution < -0.4 is 0 Å². The highest BCUT2D eigenvalue weighted by Crippen LogP contribution is 2.22. The molecule has 92 valence electrons. The lowest BCUT2D eigenvalue weighted by atomic mass is 10.1. The minimum atomic E-state index is 0.331. The first kappa shape index (κ1) is 11.2. The van der Waals surface area contributed by atoms with E-state index in [1.165, 1.54) is 0 Å². The van der Waals surface area contributed by atoms with Crippen LogP contribution in [-0.4, -0.2) is 25.4 Å². The quantitative estimate of drug-likeness (QED) is 0.742. The van der Waals surface area contributed by atoms with Crippen molar-refractivity contribution in [2.24, 2.45) is 0 Å². The van der Waals surface area contributed by atoms with E-state index < -0.39 is 0 Å². The van der Waals surface area contributed by atoms with Gasteiger partial charge < -0.3 is 0 Å². The Morgan fingerprint density at radius 3 is 1.95 bits per heavy atom. The number of pyridine rings is 1. The summed E-state index contributed by atoms with van der Waals surface area (Å²) in [5, 5.41) is 22.6. The summed E-state index contributed by atoms with van der Waals surface area (Å²) in [6.07, 6.45) is 3.81. The molecule has 0 aliphatic rings. The number of H-pyrrole nitrogens is 2. The molecule has 0 aromatic carbocycles. The van der Waals surface area contributed by atoms with Gasteiger partial charge in [0.15, 0.2) is 0 Å². The fraction of sp³-hybridized carbons (Fsp3) is 0.0769. The molecule has 6 nitrogen and oxygen atoms in total. The Labute approximate surface area is 109 Å². The maximum absolute atomic E-state index is 8.85. The molecule has 0 fully saturated rings. The molecule has 0 radical (unpaired) electrons. The maximum atomic E-state index is 8.85. The number of nitriles is 1. The Morgan fingerprint density at radius 2 is 1.53 bits per heavy atom. The second-order valence-corrected chi connectivity index (χ2v) is 4.00. The van der Waals surface area contributed by atoms with Crippen LogP contribution in [0, 0.1) is 11.3 Å². The minimum absolute atomic E-state index is 0.331. The molecule has 0 unspecified atom stereocenters. The topological polar surface area (TPSA) is 94.0 Å². The van der Waals surface area contributed by atoms with E-state index in [1.807, 2.05) is 24.3 Å². The first-order chi connectivity index (χ1) is 9.36. The summed E-state index contributed by atoms with van der Waals surface area (Å²) in [5.74, 6) is 0. The molecule has 6 heteroatoms. The lowest BCUT2D eigenvalue weighted by molar-refractivity contribution is 1.07. The van der Waals surface area contributed by atoms with Crippen LogP contribution in [0.2, 0.25) is 0 Å². The number of hydrogen-bond acceptors (Lipinski definition) is 4. The van der Waals surface area contributed by atoms with Gasteiger partial charge in [-0.1, -0.05) is 0 Å². The third-order valence-corrected chi connectivity index (χ3v) is 2.69. The normalized spacial score (nSPS) is 10.3. The molecule has 0 spiro atoms. The second kappa shape index (κ2) is 4.74. The van der Waals surface area contributed by atoms with E-state index in [4.69, 9.17) is 5.26 Å². The predicted octanol–water partition coefficient (Wildman–Crippen LogP) is 1.93. The van der Waals surface area contributed by atoms with Crippen molar-refractivity contribution in [1.82, 2.24) is 25.4 Å². The van der Waals surface area contributed by atoms with E-state index in [9.17, 15) is 0 Å². The van der Waals surface area contributed by atoms with Crippen LogP contribution in [0.25, 0.3) is 22.8 Å². The maximum Gasteiger partial charge on any atom is 0.110 e. The average molecular weight is 250 g/mol. The first-order valence-electron chi connectivity index (χ1n) is 5.75. The van der Waals surface area contributed by atoms with Crippen LogP contribution in [0.5, 0.6) is 0 Å². The van der Waals surface area contributed by atoms with Crippen molar-refractivity contribution < 1.29 is 0 Å². The third-order valence-electron chi connectivity index (χ3n) is 2.69. The van der Waals surface area contributed by atoms with Crippen LogP contribution >= 0.6 is 0 Å². The average Bonchev–Trinajstić information content (AvgIpc) is 3.12. The molecule has 2 N–H and O–H groups in total. The van der Waals surface area contributed by atoms with Crippen molar-refractivity contribution in [2.45, 2.75) is 6.42 Å². The van der Waals surface area contributed by atoms with Crippen molar-refractivity contribution in [3.63, 3.8) is 0 Å². The Bertz CT molecular complexity index is 654. The fourth-order valence-electron chi connectivity index (χ4n) is 1.85. The Morgan fingerprint density at radius 1 is 0.947 bits per heavy atom. The highest BCUT2D eigenvalue weighted by atomic mass is 15.1. The molecule has 3 aromatic heterocycles. The van der Waals surface area contributed by atoms with E-state index >= 15 is 0 Å². The first-order valence-corrected chi connectivity index (χ1v) is 5.75. The van der Waals surface area contributed by atoms with Gasteiger partial charge in [0.25, 0.3) is 0 Å². The van der Waals surface area contributed by atoms with Crippen molar-refractivity contribution in [3.05, 3.63) is 42.2 Å². The summed E-state index contributed by atoms with van der Waals surface area (Å²) >= 11 is 0. The van der Waals surface area contributed by atoms with Crippen LogP contribution in [0.4, 0.5) is 0 Å². The molecule has 0 amide bonds. The van der Waals surface area contributed by atoms with E-state index in [-0.39, 0.29) is 0 Å². The number of hydrogen-bond donors (Lipinski definition) is 2. The Kier molecular flexibility index (Phi) is 2.79. The lowest BCUT2D eigenvalue weighted by Gasteiger charge is -2.03. The molecule has 19 heavy (non-hydrogen) atoms. The number of rotatable bonds is 3. The van der Waals surface area contributed by atoms with Crippen LogP contribution in [0.1, 0.15) is 5.56 Å². The van der Waals surface area contributed by atoms with Gasteiger partial charge in [-0.25, -0.2) is 4.98 Å². The van der Waals surface area contributed by atoms with Gasteiger partial charge >= 0.3 is 0 Å². The van der Waals surface area contributed by atoms with Gasteiger partial charge in [-0.2, -0.15) is 15.5 Å². The van der Waals surface area contributed by atoms with Gasteiger partial charge in [-0.15, -0.1) is 0 Å². The smallest absolute Gasteiger partial charge is 0.110 e. The standard InChI is InChI=1S/C13H10N6/c14-4-1-9-7-12(10-2-5-15-18-10)17-13(8-9)11-3-6-16-19-11/h2-3,5-8H,1H2,(H,15,18)(H,16,19). The monoisotopic (exact) mass is 250 g/mol. The SMILES string of the molecule is N#CCc1cc(-c2cc[nH]n2)nc(-c2cc[nH]n2)c1. The van der Waals surface area contributed by atoms with Crippen LogP contribution in [0.15, 0.2) is 36.7 Å². The Hall–Kier alpha value is -2.94. The molecule has 0 saturated carbocycles. The summed E-state index contributed by atoms with van der Waals surface area (Å²) in [5.41, 5.74) is 3.85. The van der Waals surface area contributed by atoms with Crippen molar-refractivity contribution in [3.8, 4) is 28.8 Å². The summed E-state index contributed by atoms with van der Waals surface area (Å²) in [6.45, 7) is 0. The molecule has 0 aliphatic carbocycles. The minimum Gasteiger partial charge on any atom is -0.285 e. The lowest BCUT2D eigenvalue weighted by Crippen LogP contribution is -1.93. The molecular weight excluding hydrogens is 240 g/mol. The summed E-state index contributed by atoms with van der Waals surface area (Å²) in [7, 11) is 0. The molecule has 3 heterocycles. The van der Waals surface area contributed by atoms with Crippen LogP contribution in [0.3, 0.4) is 0 Å². The van der Waals surface area contributed by atoms with E-state index in [0.29, 0.717) is 6.42 Å². The van der Waals surface area contributed by atoms with Crippen molar-refractivity contribution in [1.29, 1.82) is 5.26 Å². The van der Waals surface area contributed by atoms with E-state index in [1.54, 1.807) is 12.4 Å². The summed E-state index contributed by atoms with van der Waals surface area (Å²) in [4.78, 5) is 4.53. The third kappa shape index (κ3) is 2.21. The molecule has 3 aromatic rings. The zero-order valence-electron chi connectivity index (χ0n) is 9.96. The fourth-order valence-corrected chi connectivity index (χ4v) is 1.85. The molecule has 0 aliphatic heterocycles. The zero-order chi connectivity index (χ0) is 13.1.